The van der Waals surface area contributed by atoms with Crippen molar-refractivity contribution < 1.29 is 19.4 Å². The van der Waals surface area contributed by atoms with Gasteiger partial charge in [0, 0.05) is 16.4 Å². The molecule has 4 atom stereocenters. The number of hydrogen-bond donors (Lipinski definition) is 1. The van der Waals surface area contributed by atoms with Gasteiger partial charge in [0.05, 0.1) is 31.1 Å². The first kappa shape index (κ1) is 24.0. The molecule has 0 unspecified atom stereocenters. The number of allylic oxidation sites excluding steroid dienone is 2. The molecule has 184 valence electrons. The zero-order valence-electron chi connectivity index (χ0n) is 20.4. The van der Waals surface area contributed by atoms with Gasteiger partial charge in [-0.3, -0.25) is 14.5 Å². The molecule has 0 radical (unpaired) electrons. The smallest absolute Gasteiger partial charge is 0.234 e. The van der Waals surface area contributed by atoms with E-state index in [0.717, 1.165) is 36.1 Å². The van der Waals surface area contributed by atoms with Gasteiger partial charge in [0.15, 0.2) is 0 Å². The number of aromatic hydroxyl groups is 1. The van der Waals surface area contributed by atoms with E-state index in [1.54, 1.807) is 17.4 Å². The van der Waals surface area contributed by atoms with E-state index in [2.05, 4.69) is 13.8 Å². The largest absolute Gasteiger partial charge is 0.507 e. The van der Waals surface area contributed by atoms with Crippen LogP contribution >= 0.6 is 11.3 Å². The first-order chi connectivity index (χ1) is 17.0. The quantitative estimate of drug-likeness (QED) is 0.366. The number of phenols is 1. The molecule has 2 fully saturated rings. The predicted octanol–water partition coefficient (Wildman–Crippen LogP) is 5.95. The number of hydrogen-bond acceptors (Lipinski definition) is 5. The van der Waals surface area contributed by atoms with Crippen LogP contribution in [0.5, 0.6) is 5.75 Å². The summed E-state index contributed by atoms with van der Waals surface area (Å²) in [5, 5.41) is 12.1. The van der Waals surface area contributed by atoms with E-state index in [1.807, 2.05) is 41.8 Å². The lowest BCUT2D eigenvalue weighted by molar-refractivity contribution is -0.140. The summed E-state index contributed by atoms with van der Waals surface area (Å²) in [5.74, 6) is -0.277. The Hall–Kier alpha value is -2.70. The van der Waals surface area contributed by atoms with Crippen molar-refractivity contribution in [2.45, 2.75) is 58.6 Å². The molecule has 1 aliphatic carbocycles. The molecule has 2 saturated heterocycles. The predicted molar refractivity (Wildman–Crippen MR) is 138 cm³/mol. The SMILES string of the molecule is CCCC1=C2[C@@H](CC/C(C)=C/c3ccccc3O)OC[C@@H]2[C@@H]2C(=O)N(Cc3cccs3)C(=O)[C@@H]2C1. The minimum atomic E-state index is -0.291. The van der Waals surface area contributed by atoms with Gasteiger partial charge < -0.3 is 9.84 Å². The van der Waals surface area contributed by atoms with Gasteiger partial charge in [0.2, 0.25) is 11.8 Å². The van der Waals surface area contributed by atoms with Crippen molar-refractivity contribution in [3.05, 3.63) is 68.9 Å². The standard InChI is InChI=1S/C29H33NO4S/c1-3-7-20-15-22-27(29(33)30(28(22)32)16-21-9-6-13-35-21)23-17-34-25(26(20)23)12-11-18(2)14-19-8-4-5-10-24(19)31/h4-6,8-10,13-14,22-23,25,27,31H,3,7,11-12,15-17H2,1-2H3/b18-14+/t22-,23+,25-,27-/m1/s1. The number of carbonyl (C=O) groups excluding carboxylic acids is 2. The Labute approximate surface area is 211 Å². The number of amides is 2. The molecule has 1 N–H and O–H groups in total. The van der Waals surface area contributed by atoms with E-state index < -0.39 is 0 Å². The Morgan fingerprint density at radius 2 is 2.00 bits per heavy atom. The number of thiophene rings is 1. The van der Waals surface area contributed by atoms with E-state index >= 15 is 0 Å². The van der Waals surface area contributed by atoms with Crippen molar-refractivity contribution in [1.29, 1.82) is 0 Å². The van der Waals surface area contributed by atoms with Crippen LogP contribution in [-0.4, -0.2) is 34.5 Å². The van der Waals surface area contributed by atoms with Gasteiger partial charge in [-0.25, -0.2) is 0 Å². The Kier molecular flexibility index (Phi) is 6.94. The minimum Gasteiger partial charge on any atom is -0.507 e. The van der Waals surface area contributed by atoms with Gasteiger partial charge in [-0.2, -0.15) is 0 Å². The van der Waals surface area contributed by atoms with E-state index in [9.17, 15) is 14.7 Å². The molecular formula is C29H33NO4S. The molecule has 35 heavy (non-hydrogen) atoms. The van der Waals surface area contributed by atoms with Gasteiger partial charge >= 0.3 is 0 Å². The van der Waals surface area contributed by atoms with E-state index in [1.165, 1.54) is 21.6 Å². The van der Waals surface area contributed by atoms with Gasteiger partial charge in [-0.15, -0.1) is 11.3 Å². The van der Waals surface area contributed by atoms with Gasteiger partial charge in [0.25, 0.3) is 0 Å². The van der Waals surface area contributed by atoms with Crippen LogP contribution in [0, 0.1) is 17.8 Å². The van der Waals surface area contributed by atoms with Crippen LogP contribution in [0.4, 0.5) is 0 Å². The van der Waals surface area contributed by atoms with Crippen molar-refractivity contribution in [3.63, 3.8) is 0 Å². The van der Waals surface area contributed by atoms with Crippen LogP contribution in [0.3, 0.4) is 0 Å². The number of carbonyl (C=O) groups is 2. The zero-order valence-corrected chi connectivity index (χ0v) is 21.2. The molecule has 1 aromatic heterocycles. The van der Waals surface area contributed by atoms with E-state index in [-0.39, 0.29) is 41.4 Å². The molecule has 0 saturated carbocycles. The third-order valence-corrected chi connectivity index (χ3v) is 8.55. The monoisotopic (exact) mass is 491 g/mol. The van der Waals surface area contributed by atoms with Crippen molar-refractivity contribution >= 4 is 29.2 Å². The number of imide groups is 1. The molecule has 2 amide bonds. The van der Waals surface area contributed by atoms with Crippen LogP contribution in [0.1, 0.15) is 56.4 Å². The summed E-state index contributed by atoms with van der Waals surface area (Å²) in [6.07, 6.45) is 6.36. The molecule has 2 aliphatic heterocycles. The van der Waals surface area contributed by atoms with E-state index in [4.69, 9.17) is 4.74 Å². The third-order valence-electron chi connectivity index (χ3n) is 7.68. The Morgan fingerprint density at radius 1 is 1.17 bits per heavy atom. The molecule has 2 aromatic rings. The highest BCUT2D eigenvalue weighted by Gasteiger charge is 2.56. The molecule has 5 rings (SSSR count). The Morgan fingerprint density at radius 3 is 2.74 bits per heavy atom. The highest BCUT2D eigenvalue weighted by atomic mass is 32.1. The summed E-state index contributed by atoms with van der Waals surface area (Å²) in [4.78, 5) is 29.4. The lowest BCUT2D eigenvalue weighted by Gasteiger charge is -2.32. The average Bonchev–Trinajstić information content (AvgIpc) is 3.56. The van der Waals surface area contributed by atoms with Crippen LogP contribution in [-0.2, 0) is 20.9 Å². The van der Waals surface area contributed by atoms with Crippen LogP contribution in [0.2, 0.25) is 0 Å². The lowest BCUT2D eigenvalue weighted by Crippen LogP contribution is -2.34. The van der Waals surface area contributed by atoms with Crippen LogP contribution in [0.25, 0.3) is 6.08 Å². The van der Waals surface area contributed by atoms with E-state index in [0.29, 0.717) is 19.6 Å². The zero-order chi connectivity index (χ0) is 24.5. The summed E-state index contributed by atoms with van der Waals surface area (Å²) in [6.45, 7) is 5.15. The maximum absolute atomic E-state index is 13.5. The summed E-state index contributed by atoms with van der Waals surface area (Å²) < 4.78 is 6.32. The first-order valence-corrected chi connectivity index (χ1v) is 13.5. The molecule has 3 aliphatic rings. The second-order valence-electron chi connectivity index (χ2n) is 10.0. The molecule has 6 heteroatoms. The molecular weight excluding hydrogens is 458 g/mol. The number of ether oxygens (including phenoxy) is 1. The van der Waals surface area contributed by atoms with Crippen molar-refractivity contribution in [2.75, 3.05) is 6.61 Å². The Bertz CT molecular complexity index is 1170. The molecule has 0 spiro atoms. The number of nitrogens with zero attached hydrogens (tertiary/aromatic N) is 1. The fraction of sp³-hybridized carbons (Fsp3) is 0.448. The maximum atomic E-state index is 13.5. The van der Waals surface area contributed by atoms with Crippen LogP contribution < -0.4 is 0 Å². The van der Waals surface area contributed by atoms with Gasteiger partial charge in [-0.05, 0) is 55.7 Å². The summed E-state index contributed by atoms with van der Waals surface area (Å²) >= 11 is 1.58. The summed E-state index contributed by atoms with van der Waals surface area (Å²) in [6, 6.07) is 11.3. The first-order valence-electron chi connectivity index (χ1n) is 12.6. The summed E-state index contributed by atoms with van der Waals surface area (Å²) in [5.41, 5.74) is 4.63. The van der Waals surface area contributed by atoms with Crippen molar-refractivity contribution in [1.82, 2.24) is 4.90 Å². The third kappa shape index (κ3) is 4.62. The van der Waals surface area contributed by atoms with Gasteiger partial charge in [-0.1, -0.05) is 54.8 Å². The second-order valence-corrected chi connectivity index (χ2v) is 11.0. The number of fused-ring (bicyclic) bond motifs is 3. The van der Waals surface area contributed by atoms with Crippen molar-refractivity contribution in [2.24, 2.45) is 17.8 Å². The van der Waals surface area contributed by atoms with Crippen molar-refractivity contribution in [3.8, 4) is 5.75 Å². The number of benzene rings is 1. The minimum absolute atomic E-state index is 0.00698. The molecule has 5 nitrogen and oxygen atoms in total. The number of likely N-dealkylation sites (tertiary alicyclic amines) is 1. The average molecular weight is 492 g/mol. The van der Waals surface area contributed by atoms with Gasteiger partial charge in [0.1, 0.15) is 5.75 Å². The molecule has 3 heterocycles. The normalized spacial score (nSPS) is 26.5. The van der Waals surface area contributed by atoms with Crippen LogP contribution in [0.15, 0.2) is 58.5 Å². The fourth-order valence-corrected chi connectivity index (χ4v) is 6.79. The molecule has 1 aromatic carbocycles. The lowest BCUT2D eigenvalue weighted by atomic mass is 9.68. The highest BCUT2D eigenvalue weighted by Crippen LogP contribution is 2.51. The molecule has 0 bridgehead atoms. The fourth-order valence-electron chi connectivity index (χ4n) is 6.10. The number of phenolic OH excluding ortho intramolecular Hbond substituents is 1. The topological polar surface area (TPSA) is 66.8 Å². The number of para-hydroxylation sites is 1. The highest BCUT2D eigenvalue weighted by molar-refractivity contribution is 7.09. The maximum Gasteiger partial charge on any atom is 0.234 e. The Balaban J connectivity index is 1.34. The summed E-state index contributed by atoms with van der Waals surface area (Å²) in [7, 11) is 0. The second kappa shape index (κ2) is 10.1. The number of rotatable bonds is 8.